The first-order valence-electron chi connectivity index (χ1n) is 9.34. The number of hydrogen-bond acceptors (Lipinski definition) is 5. The Bertz CT molecular complexity index is 587. The standard InChI is InChI=1S/C19H28N2O5/c1-24-13-7-19(20-17(22)15-2-10-25-11-3-15)5-8-21(9-6-19)18(23)16-4-12-26-14-16/h4,12,14-15H,2-3,5-11,13H2,1H3,(H,20,22). The van der Waals surface area contributed by atoms with E-state index in [4.69, 9.17) is 13.9 Å². The Morgan fingerprint density at radius 1 is 1.31 bits per heavy atom. The van der Waals surface area contributed by atoms with Crippen molar-refractivity contribution in [2.45, 2.75) is 37.6 Å². The molecule has 1 N–H and O–H groups in total. The van der Waals surface area contributed by atoms with Gasteiger partial charge in [-0.25, -0.2) is 0 Å². The van der Waals surface area contributed by atoms with E-state index in [0.717, 1.165) is 32.1 Å². The fourth-order valence-electron chi connectivity index (χ4n) is 3.76. The van der Waals surface area contributed by atoms with Gasteiger partial charge in [-0.1, -0.05) is 0 Å². The number of ether oxygens (including phenoxy) is 2. The van der Waals surface area contributed by atoms with Crippen molar-refractivity contribution in [3.63, 3.8) is 0 Å². The van der Waals surface area contributed by atoms with Crippen LogP contribution in [0.2, 0.25) is 0 Å². The van der Waals surface area contributed by atoms with E-state index in [9.17, 15) is 9.59 Å². The third-order valence-corrected chi connectivity index (χ3v) is 5.54. The van der Waals surface area contributed by atoms with E-state index in [1.165, 1.54) is 12.5 Å². The summed E-state index contributed by atoms with van der Waals surface area (Å²) in [5.41, 5.74) is 0.263. The summed E-state index contributed by atoms with van der Waals surface area (Å²) in [6.07, 6.45) is 6.75. The number of likely N-dealkylation sites (tertiary alicyclic amines) is 1. The fourth-order valence-corrected chi connectivity index (χ4v) is 3.76. The molecule has 1 aromatic rings. The molecule has 2 amide bonds. The summed E-state index contributed by atoms with van der Waals surface area (Å²) in [4.78, 5) is 27.1. The van der Waals surface area contributed by atoms with Crippen molar-refractivity contribution in [1.29, 1.82) is 0 Å². The highest BCUT2D eigenvalue weighted by Crippen LogP contribution is 2.28. The Kier molecular flexibility index (Phi) is 6.32. The number of rotatable bonds is 6. The molecule has 3 heterocycles. The number of carbonyl (C=O) groups excluding carboxylic acids is 2. The van der Waals surface area contributed by atoms with Gasteiger partial charge in [-0.3, -0.25) is 9.59 Å². The minimum Gasteiger partial charge on any atom is -0.472 e. The van der Waals surface area contributed by atoms with Crippen molar-refractivity contribution in [2.24, 2.45) is 5.92 Å². The molecule has 0 saturated carbocycles. The number of hydrogen-bond donors (Lipinski definition) is 1. The quantitative estimate of drug-likeness (QED) is 0.833. The van der Waals surface area contributed by atoms with Gasteiger partial charge in [-0.2, -0.15) is 0 Å². The lowest BCUT2D eigenvalue weighted by atomic mass is 9.83. The van der Waals surface area contributed by atoms with E-state index in [-0.39, 0.29) is 23.3 Å². The molecular weight excluding hydrogens is 336 g/mol. The number of carbonyl (C=O) groups is 2. The second kappa shape index (κ2) is 8.68. The highest BCUT2D eigenvalue weighted by Gasteiger charge is 2.38. The molecule has 7 heteroatoms. The monoisotopic (exact) mass is 364 g/mol. The summed E-state index contributed by atoms with van der Waals surface area (Å²) < 4.78 is 15.6. The van der Waals surface area contributed by atoms with Gasteiger partial charge in [0.1, 0.15) is 6.26 Å². The van der Waals surface area contributed by atoms with Gasteiger partial charge in [0.15, 0.2) is 0 Å². The first-order chi connectivity index (χ1) is 12.6. The molecule has 2 fully saturated rings. The van der Waals surface area contributed by atoms with Crippen molar-refractivity contribution in [3.05, 3.63) is 24.2 Å². The molecule has 7 nitrogen and oxygen atoms in total. The van der Waals surface area contributed by atoms with Crippen LogP contribution in [0.15, 0.2) is 23.0 Å². The zero-order valence-electron chi connectivity index (χ0n) is 15.4. The van der Waals surface area contributed by atoms with Gasteiger partial charge >= 0.3 is 0 Å². The third-order valence-electron chi connectivity index (χ3n) is 5.54. The van der Waals surface area contributed by atoms with Crippen LogP contribution in [-0.2, 0) is 14.3 Å². The summed E-state index contributed by atoms with van der Waals surface area (Å²) in [5.74, 6) is 0.114. The van der Waals surface area contributed by atoms with Crippen LogP contribution in [0.1, 0.15) is 42.5 Å². The van der Waals surface area contributed by atoms with E-state index in [1.54, 1.807) is 13.2 Å². The van der Waals surface area contributed by atoms with Gasteiger partial charge in [-0.05, 0) is 38.2 Å². The Morgan fingerprint density at radius 2 is 2.04 bits per heavy atom. The van der Waals surface area contributed by atoms with E-state index in [1.807, 2.05) is 4.90 Å². The van der Waals surface area contributed by atoms with Gasteiger partial charge in [0.25, 0.3) is 5.91 Å². The average molecular weight is 364 g/mol. The molecular formula is C19H28N2O5. The Hall–Kier alpha value is -1.86. The molecule has 2 aliphatic rings. The molecule has 0 atom stereocenters. The van der Waals surface area contributed by atoms with Crippen LogP contribution in [0.3, 0.4) is 0 Å². The van der Waals surface area contributed by atoms with Gasteiger partial charge in [0.2, 0.25) is 5.91 Å². The Labute approximate surface area is 154 Å². The average Bonchev–Trinajstić information content (AvgIpc) is 3.22. The molecule has 3 rings (SSSR count). The Morgan fingerprint density at radius 3 is 2.65 bits per heavy atom. The van der Waals surface area contributed by atoms with Crippen molar-refractivity contribution in [2.75, 3.05) is 40.0 Å². The summed E-state index contributed by atoms with van der Waals surface area (Å²) in [6.45, 7) is 3.11. The maximum Gasteiger partial charge on any atom is 0.257 e. The van der Waals surface area contributed by atoms with Crippen LogP contribution in [0, 0.1) is 5.92 Å². The second-order valence-corrected chi connectivity index (χ2v) is 7.20. The molecule has 0 aromatic carbocycles. The molecule has 0 radical (unpaired) electrons. The van der Waals surface area contributed by atoms with Crippen LogP contribution >= 0.6 is 0 Å². The number of nitrogens with one attached hydrogen (secondary N) is 1. The largest absolute Gasteiger partial charge is 0.472 e. The summed E-state index contributed by atoms with van der Waals surface area (Å²) in [5, 5.41) is 3.30. The number of furan rings is 1. The van der Waals surface area contributed by atoms with E-state index in [2.05, 4.69) is 5.32 Å². The number of nitrogens with zero attached hydrogens (tertiary/aromatic N) is 1. The zero-order chi connectivity index (χ0) is 18.4. The first kappa shape index (κ1) is 18.9. The number of methoxy groups -OCH3 is 1. The van der Waals surface area contributed by atoms with Gasteiger partial charge < -0.3 is 24.1 Å². The van der Waals surface area contributed by atoms with E-state index in [0.29, 0.717) is 38.5 Å². The van der Waals surface area contributed by atoms with E-state index < -0.39 is 0 Å². The second-order valence-electron chi connectivity index (χ2n) is 7.20. The van der Waals surface area contributed by atoms with Gasteiger partial charge in [0.05, 0.1) is 11.8 Å². The highest BCUT2D eigenvalue weighted by atomic mass is 16.5. The molecule has 2 aliphatic heterocycles. The first-order valence-corrected chi connectivity index (χ1v) is 9.34. The lowest BCUT2D eigenvalue weighted by Gasteiger charge is -2.43. The minimum atomic E-state index is -0.307. The molecule has 0 spiro atoms. The smallest absolute Gasteiger partial charge is 0.257 e. The van der Waals surface area contributed by atoms with Crippen molar-refractivity contribution in [3.8, 4) is 0 Å². The van der Waals surface area contributed by atoms with Gasteiger partial charge in [0, 0.05) is 51.5 Å². The molecule has 1 aromatic heterocycles. The van der Waals surface area contributed by atoms with E-state index >= 15 is 0 Å². The third kappa shape index (κ3) is 4.45. The highest BCUT2D eigenvalue weighted by molar-refractivity contribution is 5.93. The SMILES string of the molecule is COCCC1(NC(=O)C2CCOCC2)CCN(C(=O)c2ccoc2)CC1. The molecule has 0 aliphatic carbocycles. The van der Waals surface area contributed by atoms with Gasteiger partial charge in [-0.15, -0.1) is 0 Å². The predicted octanol–water partition coefficient (Wildman–Crippen LogP) is 1.83. The topological polar surface area (TPSA) is 81.0 Å². The lowest BCUT2D eigenvalue weighted by molar-refractivity contribution is -0.130. The van der Waals surface area contributed by atoms with Crippen molar-refractivity contribution < 1.29 is 23.5 Å². The molecule has 144 valence electrons. The number of amides is 2. The van der Waals surface area contributed by atoms with Crippen molar-refractivity contribution in [1.82, 2.24) is 10.2 Å². The zero-order valence-corrected chi connectivity index (χ0v) is 15.4. The molecule has 0 bridgehead atoms. The molecule has 0 unspecified atom stereocenters. The normalized spacial score (nSPS) is 20.7. The molecule has 2 saturated heterocycles. The summed E-state index contributed by atoms with van der Waals surface area (Å²) >= 11 is 0. The van der Waals surface area contributed by atoms with Crippen LogP contribution < -0.4 is 5.32 Å². The van der Waals surface area contributed by atoms with Crippen molar-refractivity contribution >= 4 is 11.8 Å². The lowest BCUT2D eigenvalue weighted by Crippen LogP contribution is -2.58. The summed E-state index contributed by atoms with van der Waals surface area (Å²) in [7, 11) is 1.67. The minimum absolute atomic E-state index is 0.0187. The molecule has 26 heavy (non-hydrogen) atoms. The van der Waals surface area contributed by atoms with Crippen LogP contribution in [-0.4, -0.2) is 62.3 Å². The summed E-state index contributed by atoms with van der Waals surface area (Å²) in [6, 6.07) is 1.68. The number of piperidine rings is 1. The Balaban J connectivity index is 1.61. The predicted molar refractivity (Wildman–Crippen MR) is 94.8 cm³/mol. The van der Waals surface area contributed by atoms with Crippen LogP contribution in [0.4, 0.5) is 0 Å². The van der Waals surface area contributed by atoms with Crippen LogP contribution in [0.25, 0.3) is 0 Å². The maximum absolute atomic E-state index is 12.7. The van der Waals surface area contributed by atoms with Crippen LogP contribution in [0.5, 0.6) is 0 Å². The fraction of sp³-hybridized carbons (Fsp3) is 0.684. The maximum atomic E-state index is 12.7.